The van der Waals surface area contributed by atoms with Gasteiger partial charge in [0.15, 0.2) is 0 Å². The second-order valence-electron chi connectivity index (χ2n) is 8.38. The number of carbonyl (C=O) groups is 2. The van der Waals surface area contributed by atoms with Crippen LogP contribution in [0.25, 0.3) is 6.08 Å². The molecule has 0 aliphatic heterocycles. The predicted molar refractivity (Wildman–Crippen MR) is 115 cm³/mol. The molecular formula is C23H26FNO3S. The first kappa shape index (κ1) is 21.2. The summed E-state index contributed by atoms with van der Waals surface area (Å²) in [6.45, 7) is 6.71. The molecule has 154 valence electrons. The average molecular weight is 416 g/mol. The summed E-state index contributed by atoms with van der Waals surface area (Å²) in [7, 11) is 1.35. The van der Waals surface area contributed by atoms with Crippen molar-refractivity contribution in [3.8, 4) is 0 Å². The van der Waals surface area contributed by atoms with E-state index in [1.54, 1.807) is 18.2 Å². The summed E-state index contributed by atoms with van der Waals surface area (Å²) in [5.74, 6) is -0.562. The highest BCUT2D eigenvalue weighted by atomic mass is 32.1. The Morgan fingerprint density at radius 3 is 2.55 bits per heavy atom. The fourth-order valence-corrected chi connectivity index (χ4v) is 4.95. The summed E-state index contributed by atoms with van der Waals surface area (Å²) in [4.78, 5) is 26.0. The molecule has 1 N–H and O–H groups in total. The highest BCUT2D eigenvalue weighted by molar-refractivity contribution is 7.17. The van der Waals surface area contributed by atoms with Crippen molar-refractivity contribution in [2.75, 3.05) is 12.4 Å². The Balaban J connectivity index is 1.83. The van der Waals surface area contributed by atoms with Gasteiger partial charge in [0.1, 0.15) is 10.8 Å². The van der Waals surface area contributed by atoms with Crippen molar-refractivity contribution >= 4 is 34.3 Å². The lowest BCUT2D eigenvalue weighted by Crippen LogP contribution is -2.26. The van der Waals surface area contributed by atoms with Crippen molar-refractivity contribution in [3.05, 3.63) is 57.7 Å². The Bertz CT molecular complexity index is 938. The summed E-state index contributed by atoms with van der Waals surface area (Å²) in [6.07, 6.45) is 5.70. The zero-order chi connectivity index (χ0) is 21.2. The Morgan fingerprint density at radius 2 is 1.93 bits per heavy atom. The number of ether oxygens (including phenoxy) is 1. The van der Waals surface area contributed by atoms with Gasteiger partial charge < -0.3 is 10.1 Å². The van der Waals surface area contributed by atoms with Crippen molar-refractivity contribution in [3.63, 3.8) is 0 Å². The van der Waals surface area contributed by atoms with Crippen LogP contribution >= 0.6 is 11.3 Å². The van der Waals surface area contributed by atoms with Crippen molar-refractivity contribution in [1.29, 1.82) is 0 Å². The quantitative estimate of drug-likeness (QED) is 0.532. The van der Waals surface area contributed by atoms with Crippen LogP contribution < -0.4 is 5.32 Å². The first-order chi connectivity index (χ1) is 13.7. The number of nitrogens with one attached hydrogen (secondary N) is 1. The maximum absolute atomic E-state index is 13.0. The minimum atomic E-state index is -0.422. The lowest BCUT2D eigenvalue weighted by Gasteiger charge is -2.33. The van der Waals surface area contributed by atoms with Crippen molar-refractivity contribution in [2.45, 2.75) is 40.0 Å². The highest BCUT2D eigenvalue weighted by Crippen LogP contribution is 2.44. The number of benzene rings is 1. The summed E-state index contributed by atoms with van der Waals surface area (Å²) < 4.78 is 18.0. The van der Waals surface area contributed by atoms with E-state index >= 15 is 0 Å². The third-order valence-electron chi connectivity index (χ3n) is 5.41. The van der Waals surface area contributed by atoms with Gasteiger partial charge in [0.2, 0.25) is 5.91 Å². The van der Waals surface area contributed by atoms with E-state index < -0.39 is 5.97 Å². The SMILES string of the molecule is COC(=O)c1c(NC(=O)C=Cc2ccc(F)cc2)sc2c1CCC(C(C)(C)C)C2. The third-order valence-corrected chi connectivity index (χ3v) is 6.58. The third kappa shape index (κ3) is 4.93. The summed E-state index contributed by atoms with van der Waals surface area (Å²) in [5.41, 5.74) is 2.38. The zero-order valence-corrected chi connectivity index (χ0v) is 18.0. The molecule has 1 heterocycles. The molecule has 0 fully saturated rings. The molecule has 0 radical (unpaired) electrons. The van der Waals surface area contributed by atoms with Crippen molar-refractivity contribution in [2.24, 2.45) is 11.3 Å². The number of anilines is 1. The summed E-state index contributed by atoms with van der Waals surface area (Å²) in [5, 5.41) is 3.37. The second-order valence-corrected chi connectivity index (χ2v) is 9.48. The van der Waals surface area contributed by atoms with E-state index in [0.29, 0.717) is 22.0 Å². The van der Waals surface area contributed by atoms with Gasteiger partial charge in [-0.15, -0.1) is 11.3 Å². The molecule has 0 spiro atoms. The van der Waals surface area contributed by atoms with E-state index in [9.17, 15) is 14.0 Å². The van der Waals surface area contributed by atoms with Crippen LogP contribution in [-0.4, -0.2) is 19.0 Å². The van der Waals surface area contributed by atoms with Crippen LogP contribution in [0, 0.1) is 17.2 Å². The number of thiophene rings is 1. The smallest absolute Gasteiger partial charge is 0.341 e. The zero-order valence-electron chi connectivity index (χ0n) is 17.2. The Morgan fingerprint density at radius 1 is 1.24 bits per heavy atom. The second kappa shape index (κ2) is 8.49. The van der Waals surface area contributed by atoms with E-state index in [4.69, 9.17) is 4.74 Å². The van der Waals surface area contributed by atoms with Crippen LogP contribution in [0.3, 0.4) is 0 Å². The minimum absolute atomic E-state index is 0.189. The molecule has 0 saturated carbocycles. The average Bonchev–Trinajstić information content (AvgIpc) is 3.03. The van der Waals surface area contributed by atoms with Gasteiger partial charge in [-0.1, -0.05) is 32.9 Å². The van der Waals surface area contributed by atoms with Gasteiger partial charge in [0.05, 0.1) is 12.7 Å². The molecule has 0 bridgehead atoms. The number of rotatable bonds is 4. The molecule has 1 aliphatic carbocycles. The highest BCUT2D eigenvalue weighted by Gasteiger charge is 2.34. The molecule has 1 aliphatic rings. The van der Waals surface area contributed by atoms with E-state index in [1.165, 1.54) is 36.7 Å². The molecule has 1 unspecified atom stereocenters. The van der Waals surface area contributed by atoms with E-state index in [1.807, 2.05) is 0 Å². The fraction of sp³-hybridized carbons (Fsp3) is 0.391. The fourth-order valence-electron chi connectivity index (χ4n) is 3.63. The van der Waals surface area contributed by atoms with Crippen LogP contribution in [0.5, 0.6) is 0 Å². The Kier molecular flexibility index (Phi) is 6.22. The molecule has 6 heteroatoms. The topological polar surface area (TPSA) is 55.4 Å². The molecule has 1 amide bonds. The minimum Gasteiger partial charge on any atom is -0.465 e. The van der Waals surface area contributed by atoms with Gasteiger partial charge in [-0.3, -0.25) is 4.79 Å². The van der Waals surface area contributed by atoms with Gasteiger partial charge in [0, 0.05) is 11.0 Å². The van der Waals surface area contributed by atoms with E-state index in [0.717, 1.165) is 29.7 Å². The van der Waals surface area contributed by atoms with Gasteiger partial charge in [0.25, 0.3) is 0 Å². The van der Waals surface area contributed by atoms with Gasteiger partial charge in [-0.2, -0.15) is 0 Å². The first-order valence-electron chi connectivity index (χ1n) is 9.66. The van der Waals surface area contributed by atoms with Crippen LogP contribution in [0.1, 0.15) is 53.6 Å². The molecule has 3 rings (SSSR count). The number of halogens is 1. The summed E-state index contributed by atoms with van der Waals surface area (Å²) >= 11 is 1.46. The molecule has 2 aromatic rings. The number of esters is 1. The first-order valence-corrected chi connectivity index (χ1v) is 10.5. The molecular weight excluding hydrogens is 389 g/mol. The van der Waals surface area contributed by atoms with Crippen molar-refractivity contribution < 1.29 is 18.7 Å². The molecule has 0 saturated heterocycles. The Labute approximate surface area is 174 Å². The Hall–Kier alpha value is -2.47. The normalized spacial score (nSPS) is 16.5. The van der Waals surface area contributed by atoms with E-state index in [2.05, 4.69) is 26.1 Å². The van der Waals surface area contributed by atoms with Crippen LogP contribution in [0.4, 0.5) is 9.39 Å². The maximum Gasteiger partial charge on any atom is 0.341 e. The monoisotopic (exact) mass is 415 g/mol. The lowest BCUT2D eigenvalue weighted by molar-refractivity contribution is -0.111. The van der Waals surface area contributed by atoms with Crippen LogP contribution in [0.15, 0.2) is 30.3 Å². The standard InChI is InChI=1S/C23H26FNO3S/c1-23(2,3)15-8-11-17-18(13-15)29-21(20(17)22(27)28-4)25-19(26)12-7-14-5-9-16(24)10-6-14/h5-7,9-10,12,15H,8,11,13H2,1-4H3,(H,25,26). The van der Waals surface area contributed by atoms with Crippen molar-refractivity contribution in [1.82, 2.24) is 0 Å². The molecule has 1 atom stereocenters. The summed E-state index contributed by atoms with van der Waals surface area (Å²) in [6, 6.07) is 5.86. The molecule has 1 aromatic heterocycles. The van der Waals surface area contributed by atoms with E-state index in [-0.39, 0.29) is 17.1 Å². The number of hydrogen-bond acceptors (Lipinski definition) is 4. The number of amides is 1. The molecule has 29 heavy (non-hydrogen) atoms. The largest absolute Gasteiger partial charge is 0.465 e. The number of fused-ring (bicyclic) bond motifs is 1. The van der Waals surface area contributed by atoms with Crippen LogP contribution in [-0.2, 0) is 22.4 Å². The number of carbonyl (C=O) groups excluding carboxylic acids is 2. The van der Waals surface area contributed by atoms with Gasteiger partial charge >= 0.3 is 5.97 Å². The molecule has 1 aromatic carbocycles. The lowest BCUT2D eigenvalue weighted by atomic mass is 9.72. The van der Waals surface area contributed by atoms with Gasteiger partial charge in [-0.25, -0.2) is 9.18 Å². The maximum atomic E-state index is 13.0. The van der Waals surface area contributed by atoms with Gasteiger partial charge in [-0.05, 0) is 59.9 Å². The predicted octanol–water partition coefficient (Wildman–Crippen LogP) is 5.48. The molecule has 4 nitrogen and oxygen atoms in total. The number of methoxy groups -OCH3 is 1. The number of hydrogen-bond donors (Lipinski definition) is 1. The van der Waals surface area contributed by atoms with Crippen LogP contribution in [0.2, 0.25) is 0 Å².